The van der Waals surface area contributed by atoms with Crippen molar-refractivity contribution in [1.82, 2.24) is 9.88 Å². The van der Waals surface area contributed by atoms with Gasteiger partial charge in [-0.25, -0.2) is 13.2 Å². The van der Waals surface area contributed by atoms with Crippen molar-refractivity contribution in [2.45, 2.75) is 31.3 Å². The SMILES string of the molecule is Cc1cc(COc2ccc(S(=O)(=O)C=CC=C3CCN(C(=O)O)CC3)cc2)c2ccccc2n1. The highest BCUT2D eigenvalue weighted by molar-refractivity contribution is 7.94. The van der Waals surface area contributed by atoms with E-state index in [4.69, 9.17) is 9.84 Å². The largest absolute Gasteiger partial charge is 0.489 e. The number of likely N-dealkylation sites (tertiary alicyclic amines) is 1. The molecular formula is C26H26N2O5S. The molecule has 34 heavy (non-hydrogen) atoms. The van der Waals surface area contributed by atoms with Gasteiger partial charge in [0.05, 0.1) is 10.4 Å². The summed E-state index contributed by atoms with van der Waals surface area (Å²) in [6, 6.07) is 16.2. The number of ether oxygens (including phenoxy) is 1. The zero-order valence-electron chi connectivity index (χ0n) is 18.8. The van der Waals surface area contributed by atoms with Gasteiger partial charge < -0.3 is 14.7 Å². The second kappa shape index (κ2) is 10.1. The molecule has 1 aliphatic heterocycles. The first-order valence-electron chi connectivity index (χ1n) is 11.0. The first kappa shape index (κ1) is 23.5. The maximum Gasteiger partial charge on any atom is 0.407 e. The van der Waals surface area contributed by atoms with Gasteiger partial charge in [0.1, 0.15) is 12.4 Å². The Balaban J connectivity index is 1.39. The monoisotopic (exact) mass is 478 g/mol. The molecule has 1 aliphatic rings. The standard InChI is InChI=1S/C26H26N2O5S/c1-19-17-21(24-6-2-3-7-25(24)27-19)18-33-22-8-10-23(11-9-22)34(31,32)16-4-5-20-12-14-28(15-13-20)26(29)30/h2-11,16-17H,12-15,18H2,1H3,(H,29,30). The molecule has 1 saturated heterocycles. The minimum absolute atomic E-state index is 0.181. The number of carboxylic acid groups (broad SMARTS) is 1. The lowest BCUT2D eigenvalue weighted by molar-refractivity contribution is 0.141. The number of nitrogens with zero attached hydrogens (tertiary/aromatic N) is 2. The minimum Gasteiger partial charge on any atom is -0.489 e. The Kier molecular flexibility index (Phi) is 6.98. The molecular weight excluding hydrogens is 452 g/mol. The van der Waals surface area contributed by atoms with E-state index in [1.54, 1.807) is 18.2 Å². The Bertz CT molecular complexity index is 1350. The molecule has 176 valence electrons. The highest BCUT2D eigenvalue weighted by Crippen LogP contribution is 2.23. The van der Waals surface area contributed by atoms with Crippen molar-refractivity contribution in [1.29, 1.82) is 0 Å². The normalized spacial score (nSPS) is 14.5. The number of hydrogen-bond acceptors (Lipinski definition) is 5. The fraction of sp³-hybridized carbons (Fsp3) is 0.231. The van der Waals surface area contributed by atoms with E-state index in [0.717, 1.165) is 27.7 Å². The van der Waals surface area contributed by atoms with E-state index < -0.39 is 15.9 Å². The van der Waals surface area contributed by atoms with Crippen LogP contribution in [0.1, 0.15) is 24.1 Å². The number of para-hydroxylation sites is 1. The molecule has 0 unspecified atom stereocenters. The molecule has 1 aromatic heterocycles. The quantitative estimate of drug-likeness (QED) is 0.529. The number of aryl methyl sites for hydroxylation is 1. The Labute approximate surface area is 198 Å². The smallest absolute Gasteiger partial charge is 0.407 e. The lowest BCUT2D eigenvalue weighted by Gasteiger charge is -2.25. The number of fused-ring (bicyclic) bond motifs is 1. The van der Waals surface area contributed by atoms with Crippen LogP contribution in [0.3, 0.4) is 0 Å². The van der Waals surface area contributed by atoms with Crippen LogP contribution in [-0.2, 0) is 16.4 Å². The van der Waals surface area contributed by atoms with Crippen LogP contribution in [0, 0.1) is 6.92 Å². The molecule has 0 atom stereocenters. The first-order chi connectivity index (χ1) is 16.3. The van der Waals surface area contributed by atoms with Crippen LogP contribution < -0.4 is 4.74 Å². The summed E-state index contributed by atoms with van der Waals surface area (Å²) < 4.78 is 31.2. The van der Waals surface area contributed by atoms with Gasteiger partial charge in [-0.2, -0.15) is 0 Å². The Morgan fingerprint density at radius 3 is 2.53 bits per heavy atom. The van der Waals surface area contributed by atoms with E-state index >= 15 is 0 Å². The number of allylic oxidation sites excluding steroid dienone is 2. The summed E-state index contributed by atoms with van der Waals surface area (Å²) in [6.45, 7) is 3.15. The van der Waals surface area contributed by atoms with E-state index in [0.29, 0.717) is 38.3 Å². The third kappa shape index (κ3) is 5.63. The number of piperidine rings is 1. The predicted octanol–water partition coefficient (Wildman–Crippen LogP) is 5.11. The van der Waals surface area contributed by atoms with E-state index in [9.17, 15) is 13.2 Å². The van der Waals surface area contributed by atoms with Crippen molar-refractivity contribution in [2.75, 3.05) is 13.1 Å². The van der Waals surface area contributed by atoms with Crippen LogP contribution in [0.5, 0.6) is 5.75 Å². The molecule has 2 aromatic carbocycles. The number of aromatic nitrogens is 1. The van der Waals surface area contributed by atoms with Crippen molar-refractivity contribution in [3.8, 4) is 5.75 Å². The van der Waals surface area contributed by atoms with Crippen molar-refractivity contribution in [2.24, 2.45) is 0 Å². The van der Waals surface area contributed by atoms with Crippen LogP contribution in [0.4, 0.5) is 4.79 Å². The van der Waals surface area contributed by atoms with Crippen LogP contribution in [0.25, 0.3) is 10.9 Å². The molecule has 0 radical (unpaired) electrons. The summed E-state index contributed by atoms with van der Waals surface area (Å²) in [5.41, 5.74) is 3.88. The molecule has 1 fully saturated rings. The number of carbonyl (C=O) groups is 1. The number of sulfone groups is 1. The maximum absolute atomic E-state index is 12.6. The first-order valence-corrected chi connectivity index (χ1v) is 12.5. The molecule has 1 amide bonds. The lowest BCUT2D eigenvalue weighted by Crippen LogP contribution is -2.35. The summed E-state index contributed by atoms with van der Waals surface area (Å²) >= 11 is 0. The number of hydrogen-bond donors (Lipinski definition) is 1. The van der Waals surface area contributed by atoms with E-state index in [-0.39, 0.29) is 4.90 Å². The van der Waals surface area contributed by atoms with Gasteiger partial charge >= 0.3 is 6.09 Å². The zero-order chi connectivity index (χ0) is 24.1. The van der Waals surface area contributed by atoms with Gasteiger partial charge in [0.25, 0.3) is 0 Å². The Morgan fingerprint density at radius 1 is 1.12 bits per heavy atom. The van der Waals surface area contributed by atoms with Crippen molar-refractivity contribution in [3.05, 3.63) is 89.0 Å². The van der Waals surface area contributed by atoms with E-state index in [1.807, 2.05) is 37.3 Å². The average Bonchev–Trinajstić information content (AvgIpc) is 2.83. The average molecular weight is 479 g/mol. The number of amides is 1. The number of benzene rings is 2. The molecule has 2 heterocycles. The Hall–Kier alpha value is -3.65. The van der Waals surface area contributed by atoms with Crippen molar-refractivity contribution >= 4 is 26.8 Å². The molecule has 0 aliphatic carbocycles. The predicted molar refractivity (Wildman–Crippen MR) is 130 cm³/mol. The van der Waals surface area contributed by atoms with Gasteiger partial charge in [0, 0.05) is 35.1 Å². The van der Waals surface area contributed by atoms with Crippen LogP contribution in [0.2, 0.25) is 0 Å². The van der Waals surface area contributed by atoms with Gasteiger partial charge in [0.15, 0.2) is 9.84 Å². The third-order valence-corrected chi connectivity index (χ3v) is 7.19. The highest BCUT2D eigenvalue weighted by atomic mass is 32.2. The second-order valence-electron chi connectivity index (χ2n) is 8.17. The van der Waals surface area contributed by atoms with Crippen molar-refractivity contribution < 1.29 is 23.1 Å². The highest BCUT2D eigenvalue weighted by Gasteiger charge is 2.17. The summed E-state index contributed by atoms with van der Waals surface area (Å²) in [5.74, 6) is 0.578. The lowest BCUT2D eigenvalue weighted by atomic mass is 10.0. The minimum atomic E-state index is -3.60. The van der Waals surface area contributed by atoms with Gasteiger partial charge in [-0.1, -0.05) is 35.9 Å². The van der Waals surface area contributed by atoms with Gasteiger partial charge in [-0.05, 0) is 56.2 Å². The molecule has 3 aromatic rings. The van der Waals surface area contributed by atoms with Gasteiger partial charge in [-0.3, -0.25) is 4.98 Å². The second-order valence-corrected chi connectivity index (χ2v) is 10.0. The maximum atomic E-state index is 12.6. The molecule has 4 rings (SSSR count). The molecule has 1 N–H and O–H groups in total. The van der Waals surface area contributed by atoms with Gasteiger partial charge in [0.2, 0.25) is 0 Å². The fourth-order valence-corrected chi connectivity index (χ4v) is 4.87. The van der Waals surface area contributed by atoms with Crippen LogP contribution >= 0.6 is 0 Å². The number of pyridine rings is 1. The molecule has 0 bridgehead atoms. The van der Waals surface area contributed by atoms with Crippen LogP contribution in [0.15, 0.2) is 82.6 Å². The third-order valence-electron chi connectivity index (χ3n) is 5.74. The topological polar surface area (TPSA) is 96.8 Å². The van der Waals surface area contributed by atoms with Gasteiger partial charge in [-0.15, -0.1) is 0 Å². The molecule has 0 saturated carbocycles. The molecule has 8 heteroatoms. The Morgan fingerprint density at radius 2 is 1.82 bits per heavy atom. The molecule has 0 spiro atoms. The molecule has 7 nitrogen and oxygen atoms in total. The summed E-state index contributed by atoms with van der Waals surface area (Å²) in [6.07, 6.45) is 3.57. The summed E-state index contributed by atoms with van der Waals surface area (Å²) in [5, 5.41) is 11.2. The fourth-order valence-electron chi connectivity index (χ4n) is 3.91. The summed E-state index contributed by atoms with van der Waals surface area (Å²) in [7, 11) is -3.60. The van der Waals surface area contributed by atoms with E-state index in [2.05, 4.69) is 4.98 Å². The number of rotatable bonds is 6. The van der Waals surface area contributed by atoms with E-state index in [1.165, 1.54) is 28.5 Å². The zero-order valence-corrected chi connectivity index (χ0v) is 19.7. The van der Waals surface area contributed by atoms with Crippen LogP contribution in [-0.4, -0.2) is 42.6 Å². The summed E-state index contributed by atoms with van der Waals surface area (Å²) in [4.78, 5) is 17.0. The van der Waals surface area contributed by atoms with Crippen molar-refractivity contribution in [3.63, 3.8) is 0 Å².